The summed E-state index contributed by atoms with van der Waals surface area (Å²) in [7, 11) is 0. The molecule has 0 atom stereocenters. The van der Waals surface area contributed by atoms with E-state index in [1.165, 1.54) is 36.4 Å². The van der Waals surface area contributed by atoms with E-state index in [1.807, 2.05) is 0 Å². The van der Waals surface area contributed by atoms with E-state index in [-0.39, 0.29) is 10.7 Å². The third kappa shape index (κ3) is 5.33. The maximum Gasteiger partial charge on any atom is 0.418 e. The Morgan fingerprint density at radius 1 is 1.20 bits per heavy atom. The number of benzene rings is 2. The summed E-state index contributed by atoms with van der Waals surface area (Å²) in [6, 6.07) is 8.92. The molecule has 1 aliphatic rings. The molecular formula is C19H12ClF3N2O4S. The van der Waals surface area contributed by atoms with E-state index in [1.54, 1.807) is 0 Å². The van der Waals surface area contributed by atoms with Crippen LogP contribution in [0.4, 0.5) is 23.7 Å². The highest BCUT2D eigenvalue weighted by Gasteiger charge is 2.33. The third-order valence-corrected chi connectivity index (χ3v) is 4.81. The molecular weight excluding hydrogens is 445 g/mol. The minimum Gasteiger partial charge on any atom is -0.483 e. The predicted octanol–water partition coefficient (Wildman–Crippen LogP) is 4.70. The van der Waals surface area contributed by atoms with Gasteiger partial charge >= 0.3 is 6.18 Å². The summed E-state index contributed by atoms with van der Waals surface area (Å²) in [4.78, 5) is 35.2. The SMILES string of the molecule is O=C(COc1ccc(Cl)cc1/C=C1\SC(=O)NC1=O)Nc1ccccc1C(F)(F)F. The Morgan fingerprint density at radius 3 is 2.60 bits per heavy atom. The Labute approximate surface area is 177 Å². The summed E-state index contributed by atoms with van der Waals surface area (Å²) in [5.41, 5.74) is -1.06. The lowest BCUT2D eigenvalue weighted by Gasteiger charge is -2.14. The molecule has 0 radical (unpaired) electrons. The highest BCUT2D eigenvalue weighted by Crippen LogP contribution is 2.35. The van der Waals surface area contributed by atoms with Crippen LogP contribution >= 0.6 is 23.4 Å². The number of carbonyl (C=O) groups is 3. The van der Waals surface area contributed by atoms with Crippen molar-refractivity contribution in [1.29, 1.82) is 0 Å². The van der Waals surface area contributed by atoms with Crippen LogP contribution in [-0.2, 0) is 15.8 Å². The van der Waals surface area contributed by atoms with Gasteiger partial charge in [-0.25, -0.2) is 0 Å². The zero-order chi connectivity index (χ0) is 21.9. The standard InChI is InChI=1S/C19H12ClF3N2O4S/c20-11-5-6-14(10(7-11)8-15-17(27)25-18(28)30-15)29-9-16(26)24-13-4-2-1-3-12(13)19(21,22)23/h1-8H,9H2,(H,24,26)(H,25,27,28)/b15-8-. The van der Waals surface area contributed by atoms with Gasteiger partial charge in [0.2, 0.25) is 0 Å². The fourth-order valence-corrected chi connectivity index (χ4v) is 3.35. The smallest absolute Gasteiger partial charge is 0.418 e. The second-order valence-corrected chi connectivity index (χ2v) is 7.37. The van der Waals surface area contributed by atoms with Crippen molar-refractivity contribution in [3.8, 4) is 5.75 Å². The lowest BCUT2D eigenvalue weighted by atomic mass is 10.1. The van der Waals surface area contributed by atoms with E-state index in [0.717, 1.165) is 12.1 Å². The number of anilines is 1. The third-order valence-electron chi connectivity index (χ3n) is 3.77. The average Bonchev–Trinajstić information content (AvgIpc) is 2.97. The molecule has 1 aliphatic heterocycles. The number of alkyl halides is 3. The van der Waals surface area contributed by atoms with Crippen molar-refractivity contribution in [1.82, 2.24) is 5.32 Å². The molecule has 1 fully saturated rings. The summed E-state index contributed by atoms with van der Waals surface area (Å²) in [6.07, 6.45) is -3.26. The molecule has 0 aliphatic carbocycles. The fourth-order valence-electron chi connectivity index (χ4n) is 2.49. The number of carbonyl (C=O) groups excluding carboxylic acids is 3. The van der Waals surface area contributed by atoms with E-state index in [0.29, 0.717) is 22.3 Å². The van der Waals surface area contributed by atoms with E-state index >= 15 is 0 Å². The van der Waals surface area contributed by atoms with Crippen LogP contribution in [-0.4, -0.2) is 23.7 Å². The first-order valence-electron chi connectivity index (χ1n) is 8.27. The Bertz CT molecular complexity index is 1060. The lowest BCUT2D eigenvalue weighted by Crippen LogP contribution is -2.22. The Morgan fingerprint density at radius 2 is 1.93 bits per heavy atom. The minimum absolute atomic E-state index is 0.107. The van der Waals surface area contributed by atoms with Crippen molar-refractivity contribution in [2.45, 2.75) is 6.18 Å². The lowest BCUT2D eigenvalue weighted by molar-refractivity contribution is -0.137. The zero-order valence-electron chi connectivity index (χ0n) is 14.9. The van der Waals surface area contributed by atoms with Gasteiger partial charge in [-0.3, -0.25) is 19.7 Å². The topological polar surface area (TPSA) is 84.5 Å². The van der Waals surface area contributed by atoms with Crippen LogP contribution in [0.15, 0.2) is 47.4 Å². The second-order valence-electron chi connectivity index (χ2n) is 5.91. The molecule has 0 unspecified atom stereocenters. The summed E-state index contributed by atoms with van der Waals surface area (Å²) < 4.78 is 44.5. The molecule has 3 amide bonds. The first kappa shape index (κ1) is 21.7. The number of imide groups is 1. The molecule has 1 saturated heterocycles. The van der Waals surface area contributed by atoms with Gasteiger partial charge in [-0.15, -0.1) is 0 Å². The molecule has 1 heterocycles. The maximum atomic E-state index is 13.0. The summed E-state index contributed by atoms with van der Waals surface area (Å²) in [5.74, 6) is -1.25. The number of hydrogen-bond donors (Lipinski definition) is 2. The van der Waals surface area contributed by atoms with Crippen molar-refractivity contribution in [2.24, 2.45) is 0 Å². The van der Waals surface area contributed by atoms with Crippen LogP contribution in [0, 0.1) is 0 Å². The Hall–Kier alpha value is -2.98. The number of halogens is 4. The molecule has 6 nitrogen and oxygen atoms in total. The van der Waals surface area contributed by atoms with Crippen molar-refractivity contribution in [3.63, 3.8) is 0 Å². The van der Waals surface area contributed by atoms with Crippen LogP contribution < -0.4 is 15.4 Å². The van der Waals surface area contributed by atoms with Gasteiger partial charge in [0.1, 0.15) is 5.75 Å². The highest BCUT2D eigenvalue weighted by molar-refractivity contribution is 8.18. The molecule has 2 aromatic carbocycles. The number of ether oxygens (including phenoxy) is 1. The molecule has 0 bridgehead atoms. The normalized spacial score (nSPS) is 15.3. The zero-order valence-corrected chi connectivity index (χ0v) is 16.5. The summed E-state index contributed by atoms with van der Waals surface area (Å²) >= 11 is 6.64. The van der Waals surface area contributed by atoms with Crippen molar-refractivity contribution < 1.29 is 32.3 Å². The van der Waals surface area contributed by atoms with Crippen molar-refractivity contribution in [3.05, 3.63) is 63.5 Å². The molecule has 156 valence electrons. The van der Waals surface area contributed by atoms with E-state index in [2.05, 4.69) is 10.6 Å². The van der Waals surface area contributed by atoms with Gasteiger partial charge in [0.25, 0.3) is 17.1 Å². The fraction of sp³-hybridized carbons (Fsp3) is 0.105. The highest BCUT2D eigenvalue weighted by atomic mass is 35.5. The average molecular weight is 457 g/mol. The van der Waals surface area contributed by atoms with Crippen molar-refractivity contribution in [2.75, 3.05) is 11.9 Å². The number of thioether (sulfide) groups is 1. The molecule has 0 saturated carbocycles. The van der Waals surface area contributed by atoms with E-state index < -0.39 is 41.1 Å². The maximum absolute atomic E-state index is 13.0. The minimum atomic E-state index is -4.63. The summed E-state index contributed by atoms with van der Waals surface area (Å²) in [5, 5.41) is 4.05. The van der Waals surface area contributed by atoms with Crippen LogP contribution in [0.5, 0.6) is 5.75 Å². The Kier molecular flexibility index (Phi) is 6.37. The van der Waals surface area contributed by atoms with Gasteiger partial charge in [0.05, 0.1) is 16.2 Å². The second kappa shape index (κ2) is 8.80. The quantitative estimate of drug-likeness (QED) is 0.637. The molecule has 2 N–H and O–H groups in total. The first-order valence-corrected chi connectivity index (χ1v) is 9.46. The van der Waals surface area contributed by atoms with Crippen LogP contribution in [0.25, 0.3) is 6.08 Å². The number of amides is 3. The molecule has 0 aromatic heterocycles. The first-order chi connectivity index (χ1) is 14.1. The van der Waals surface area contributed by atoms with E-state index in [4.69, 9.17) is 16.3 Å². The predicted molar refractivity (Wildman–Crippen MR) is 106 cm³/mol. The van der Waals surface area contributed by atoms with Crippen LogP contribution in [0.2, 0.25) is 5.02 Å². The number of para-hydroxylation sites is 1. The van der Waals surface area contributed by atoms with Crippen LogP contribution in [0.3, 0.4) is 0 Å². The van der Waals surface area contributed by atoms with Gasteiger partial charge in [0, 0.05) is 10.6 Å². The number of rotatable bonds is 5. The van der Waals surface area contributed by atoms with Crippen molar-refractivity contribution >= 4 is 52.2 Å². The number of hydrogen-bond acceptors (Lipinski definition) is 5. The molecule has 30 heavy (non-hydrogen) atoms. The van der Waals surface area contributed by atoms with Crippen LogP contribution in [0.1, 0.15) is 11.1 Å². The molecule has 11 heteroatoms. The largest absolute Gasteiger partial charge is 0.483 e. The van der Waals surface area contributed by atoms with Gasteiger partial charge in [0.15, 0.2) is 6.61 Å². The van der Waals surface area contributed by atoms with Gasteiger partial charge < -0.3 is 10.1 Å². The summed E-state index contributed by atoms with van der Waals surface area (Å²) in [6.45, 7) is -0.595. The number of nitrogens with one attached hydrogen (secondary N) is 2. The van der Waals surface area contributed by atoms with Gasteiger partial charge in [-0.2, -0.15) is 13.2 Å². The molecule has 0 spiro atoms. The molecule has 2 aromatic rings. The Balaban J connectivity index is 1.74. The van der Waals surface area contributed by atoms with Gasteiger partial charge in [-0.05, 0) is 48.2 Å². The monoisotopic (exact) mass is 456 g/mol. The van der Waals surface area contributed by atoms with Gasteiger partial charge in [-0.1, -0.05) is 23.7 Å². The van der Waals surface area contributed by atoms with E-state index in [9.17, 15) is 27.6 Å². The molecule has 3 rings (SSSR count).